The predicted molar refractivity (Wildman–Crippen MR) is 67.0 cm³/mol. The van der Waals surface area contributed by atoms with Gasteiger partial charge in [-0.3, -0.25) is 0 Å². The summed E-state index contributed by atoms with van der Waals surface area (Å²) >= 11 is 0. The Balaban J connectivity index is 1.65. The molecule has 0 amide bonds. The van der Waals surface area contributed by atoms with E-state index in [-0.39, 0.29) is 6.10 Å². The standard InChI is InChI=1S/C15H20O2/c1-17-15-5-3-2-4-10(15)9-14(16)13-7-11-6-12(11)8-13/h2-5,11-14,16H,6-9H2,1H3. The number of methoxy groups -OCH3 is 1. The number of rotatable bonds is 4. The van der Waals surface area contributed by atoms with Crippen LogP contribution in [0.5, 0.6) is 5.75 Å². The van der Waals surface area contributed by atoms with Crippen molar-refractivity contribution in [1.82, 2.24) is 0 Å². The third-order valence-corrected chi connectivity index (χ3v) is 4.45. The minimum Gasteiger partial charge on any atom is -0.496 e. The summed E-state index contributed by atoms with van der Waals surface area (Å²) in [6, 6.07) is 8.00. The van der Waals surface area contributed by atoms with Crippen molar-refractivity contribution in [3.63, 3.8) is 0 Å². The Kier molecular flexibility index (Phi) is 2.83. The van der Waals surface area contributed by atoms with Crippen molar-refractivity contribution in [3.8, 4) is 5.75 Å². The van der Waals surface area contributed by atoms with E-state index >= 15 is 0 Å². The van der Waals surface area contributed by atoms with Crippen LogP contribution < -0.4 is 4.74 Å². The minimum absolute atomic E-state index is 0.195. The number of aliphatic hydroxyl groups excluding tert-OH is 1. The molecule has 2 fully saturated rings. The molecule has 2 heteroatoms. The van der Waals surface area contributed by atoms with E-state index in [0.717, 1.165) is 29.6 Å². The van der Waals surface area contributed by atoms with Crippen molar-refractivity contribution in [1.29, 1.82) is 0 Å². The minimum atomic E-state index is -0.195. The Morgan fingerprint density at radius 3 is 2.65 bits per heavy atom. The first kappa shape index (κ1) is 11.1. The molecule has 3 rings (SSSR count). The molecule has 0 bridgehead atoms. The molecule has 1 aromatic carbocycles. The van der Waals surface area contributed by atoms with Gasteiger partial charge >= 0.3 is 0 Å². The van der Waals surface area contributed by atoms with Gasteiger partial charge in [-0.25, -0.2) is 0 Å². The average molecular weight is 232 g/mol. The highest BCUT2D eigenvalue weighted by molar-refractivity contribution is 5.33. The lowest BCUT2D eigenvalue weighted by molar-refractivity contribution is 0.103. The zero-order valence-corrected chi connectivity index (χ0v) is 10.3. The zero-order chi connectivity index (χ0) is 11.8. The van der Waals surface area contributed by atoms with Gasteiger partial charge in [0.25, 0.3) is 0 Å². The van der Waals surface area contributed by atoms with Gasteiger partial charge in [-0.1, -0.05) is 18.2 Å². The summed E-state index contributed by atoms with van der Waals surface area (Å²) in [5.41, 5.74) is 1.13. The van der Waals surface area contributed by atoms with Crippen LogP contribution in [0.15, 0.2) is 24.3 Å². The summed E-state index contributed by atoms with van der Waals surface area (Å²) in [5, 5.41) is 10.3. The van der Waals surface area contributed by atoms with Gasteiger partial charge in [-0.05, 0) is 48.6 Å². The molecule has 0 aromatic heterocycles. The number of fused-ring (bicyclic) bond motifs is 1. The second kappa shape index (κ2) is 4.34. The van der Waals surface area contributed by atoms with Crippen molar-refractivity contribution in [2.24, 2.45) is 17.8 Å². The maximum atomic E-state index is 10.3. The molecule has 2 saturated carbocycles. The van der Waals surface area contributed by atoms with Crippen LogP contribution in [0.3, 0.4) is 0 Å². The van der Waals surface area contributed by atoms with E-state index in [0.29, 0.717) is 5.92 Å². The van der Waals surface area contributed by atoms with Crippen LogP contribution in [-0.4, -0.2) is 18.3 Å². The molecule has 0 radical (unpaired) electrons. The summed E-state index contributed by atoms with van der Waals surface area (Å²) in [6.45, 7) is 0. The second-order valence-corrected chi connectivity index (χ2v) is 5.57. The maximum absolute atomic E-state index is 10.3. The fraction of sp³-hybridized carbons (Fsp3) is 0.600. The van der Waals surface area contributed by atoms with E-state index in [1.165, 1.54) is 19.3 Å². The molecule has 0 spiro atoms. The van der Waals surface area contributed by atoms with Crippen LogP contribution in [0.2, 0.25) is 0 Å². The predicted octanol–water partition coefficient (Wildman–Crippen LogP) is 2.64. The lowest BCUT2D eigenvalue weighted by Gasteiger charge is -2.20. The monoisotopic (exact) mass is 232 g/mol. The highest BCUT2D eigenvalue weighted by atomic mass is 16.5. The van der Waals surface area contributed by atoms with E-state index in [1.54, 1.807) is 7.11 Å². The highest BCUT2D eigenvalue weighted by Crippen LogP contribution is 2.55. The maximum Gasteiger partial charge on any atom is 0.122 e. The van der Waals surface area contributed by atoms with Crippen LogP contribution in [0, 0.1) is 17.8 Å². The Labute approximate surface area is 103 Å². The molecule has 17 heavy (non-hydrogen) atoms. The van der Waals surface area contributed by atoms with E-state index in [2.05, 4.69) is 6.07 Å². The van der Waals surface area contributed by atoms with Gasteiger partial charge in [0.15, 0.2) is 0 Å². The lowest BCUT2D eigenvalue weighted by atomic mass is 9.92. The molecule has 2 aliphatic rings. The second-order valence-electron chi connectivity index (χ2n) is 5.57. The van der Waals surface area contributed by atoms with Crippen molar-refractivity contribution in [2.45, 2.75) is 31.8 Å². The molecule has 2 nitrogen and oxygen atoms in total. The Hall–Kier alpha value is -1.02. The smallest absolute Gasteiger partial charge is 0.122 e. The van der Waals surface area contributed by atoms with Crippen LogP contribution >= 0.6 is 0 Å². The molecule has 1 N–H and O–H groups in total. The molecule has 92 valence electrons. The van der Waals surface area contributed by atoms with Crippen LogP contribution in [0.25, 0.3) is 0 Å². The zero-order valence-electron chi connectivity index (χ0n) is 10.3. The Morgan fingerprint density at radius 2 is 1.94 bits per heavy atom. The number of hydrogen-bond donors (Lipinski definition) is 1. The third-order valence-electron chi connectivity index (χ3n) is 4.45. The number of aliphatic hydroxyl groups is 1. The fourth-order valence-corrected chi connectivity index (χ4v) is 3.34. The first-order chi connectivity index (χ1) is 8.28. The third kappa shape index (κ3) is 2.19. The summed E-state index contributed by atoms with van der Waals surface area (Å²) in [5.74, 6) is 3.29. The summed E-state index contributed by atoms with van der Waals surface area (Å²) in [6.07, 6.45) is 4.42. The summed E-state index contributed by atoms with van der Waals surface area (Å²) in [7, 11) is 1.69. The number of ether oxygens (including phenoxy) is 1. The summed E-state index contributed by atoms with van der Waals surface area (Å²) < 4.78 is 5.33. The van der Waals surface area contributed by atoms with Crippen LogP contribution in [-0.2, 0) is 6.42 Å². The molecule has 3 unspecified atom stereocenters. The first-order valence-corrected chi connectivity index (χ1v) is 6.58. The number of para-hydroxylation sites is 1. The molecule has 0 aliphatic heterocycles. The SMILES string of the molecule is COc1ccccc1CC(O)C1CC2CC2C1. The largest absolute Gasteiger partial charge is 0.496 e. The lowest BCUT2D eigenvalue weighted by Crippen LogP contribution is -2.22. The van der Waals surface area contributed by atoms with E-state index in [4.69, 9.17) is 4.74 Å². The van der Waals surface area contributed by atoms with Crippen molar-refractivity contribution < 1.29 is 9.84 Å². The molecule has 0 heterocycles. The van der Waals surface area contributed by atoms with E-state index < -0.39 is 0 Å². The van der Waals surface area contributed by atoms with E-state index in [9.17, 15) is 5.11 Å². The molecule has 0 saturated heterocycles. The normalized spacial score (nSPS) is 32.0. The van der Waals surface area contributed by atoms with Crippen molar-refractivity contribution in [2.75, 3.05) is 7.11 Å². The topological polar surface area (TPSA) is 29.5 Å². The Morgan fingerprint density at radius 1 is 1.24 bits per heavy atom. The molecule has 2 aliphatic carbocycles. The number of hydrogen-bond acceptors (Lipinski definition) is 2. The van der Waals surface area contributed by atoms with Crippen LogP contribution in [0.4, 0.5) is 0 Å². The van der Waals surface area contributed by atoms with Crippen molar-refractivity contribution in [3.05, 3.63) is 29.8 Å². The van der Waals surface area contributed by atoms with Crippen LogP contribution in [0.1, 0.15) is 24.8 Å². The average Bonchev–Trinajstić information content (AvgIpc) is 2.96. The van der Waals surface area contributed by atoms with Gasteiger partial charge in [0.05, 0.1) is 13.2 Å². The van der Waals surface area contributed by atoms with Crippen molar-refractivity contribution >= 4 is 0 Å². The van der Waals surface area contributed by atoms with Gasteiger partial charge in [0.2, 0.25) is 0 Å². The quantitative estimate of drug-likeness (QED) is 0.864. The van der Waals surface area contributed by atoms with Gasteiger partial charge < -0.3 is 9.84 Å². The van der Waals surface area contributed by atoms with Gasteiger partial charge in [-0.15, -0.1) is 0 Å². The number of benzene rings is 1. The van der Waals surface area contributed by atoms with Gasteiger partial charge in [0.1, 0.15) is 5.75 Å². The molecular formula is C15H20O2. The van der Waals surface area contributed by atoms with E-state index in [1.807, 2.05) is 18.2 Å². The molecule has 1 aromatic rings. The van der Waals surface area contributed by atoms with Gasteiger partial charge in [0, 0.05) is 6.42 Å². The molecule has 3 atom stereocenters. The van der Waals surface area contributed by atoms with Gasteiger partial charge in [-0.2, -0.15) is 0 Å². The Bertz CT molecular complexity index is 392. The first-order valence-electron chi connectivity index (χ1n) is 6.58. The fourth-order valence-electron chi connectivity index (χ4n) is 3.34. The molecular weight excluding hydrogens is 212 g/mol. The highest BCUT2D eigenvalue weighted by Gasteiger charge is 2.47. The summed E-state index contributed by atoms with van der Waals surface area (Å²) in [4.78, 5) is 0.